The lowest BCUT2D eigenvalue weighted by molar-refractivity contribution is -0.149. The molecule has 0 aromatic carbocycles. The number of nitrogens with one attached hydrogen (secondary N) is 1. The highest BCUT2D eigenvalue weighted by Crippen LogP contribution is 2.19. The zero-order valence-corrected chi connectivity index (χ0v) is 18.3. The van der Waals surface area contributed by atoms with Crippen LogP contribution in [0.25, 0.3) is 0 Å². The minimum absolute atomic E-state index is 0. The summed E-state index contributed by atoms with van der Waals surface area (Å²) in [7, 11) is 0. The van der Waals surface area contributed by atoms with Gasteiger partial charge in [0.05, 0.1) is 12.5 Å². The van der Waals surface area contributed by atoms with Gasteiger partial charge in [-0.15, -0.1) is 24.0 Å². The molecule has 0 amide bonds. The summed E-state index contributed by atoms with van der Waals surface area (Å²) in [6.07, 6.45) is 3.17. The molecule has 2 fully saturated rings. The summed E-state index contributed by atoms with van der Waals surface area (Å²) in [5.41, 5.74) is 0. The first-order chi connectivity index (χ1) is 11.7. The Morgan fingerprint density at radius 1 is 1.20 bits per heavy atom. The highest BCUT2D eigenvalue weighted by Gasteiger charge is 2.29. The van der Waals surface area contributed by atoms with Gasteiger partial charge in [-0.2, -0.15) is 0 Å². The fraction of sp³-hybridized carbons (Fsp3) is 0.889. The van der Waals surface area contributed by atoms with Crippen LogP contribution in [0.5, 0.6) is 0 Å². The van der Waals surface area contributed by atoms with Gasteiger partial charge in [-0.25, -0.2) is 0 Å². The molecule has 2 rings (SSSR count). The average molecular weight is 466 g/mol. The summed E-state index contributed by atoms with van der Waals surface area (Å²) in [4.78, 5) is 21.7. The van der Waals surface area contributed by atoms with Crippen LogP contribution in [0.4, 0.5) is 0 Å². The first-order valence-corrected chi connectivity index (χ1v) is 9.60. The topological polar surface area (TPSA) is 57.2 Å². The molecule has 2 aliphatic heterocycles. The SMILES string of the molecule is CCNC(=NCC1CCN(CC)C1)N1CCCC(C(=O)OCC)C1.I. The first-order valence-electron chi connectivity index (χ1n) is 9.60. The van der Waals surface area contributed by atoms with E-state index in [1.165, 1.54) is 13.0 Å². The number of hydrogen-bond acceptors (Lipinski definition) is 4. The quantitative estimate of drug-likeness (QED) is 0.282. The molecular weight excluding hydrogens is 431 g/mol. The molecule has 0 radical (unpaired) electrons. The summed E-state index contributed by atoms with van der Waals surface area (Å²) in [5, 5.41) is 3.40. The predicted octanol–water partition coefficient (Wildman–Crippen LogP) is 2.19. The van der Waals surface area contributed by atoms with E-state index in [-0.39, 0.29) is 35.9 Å². The number of halogens is 1. The van der Waals surface area contributed by atoms with E-state index in [0.29, 0.717) is 12.5 Å². The molecule has 2 aliphatic rings. The molecule has 2 heterocycles. The largest absolute Gasteiger partial charge is 0.466 e. The maximum Gasteiger partial charge on any atom is 0.310 e. The van der Waals surface area contributed by atoms with E-state index >= 15 is 0 Å². The average Bonchev–Trinajstić information content (AvgIpc) is 3.07. The second-order valence-electron chi connectivity index (χ2n) is 6.78. The molecule has 146 valence electrons. The summed E-state index contributed by atoms with van der Waals surface area (Å²) < 4.78 is 5.20. The second kappa shape index (κ2) is 11.9. The minimum atomic E-state index is -0.0626. The number of esters is 1. The van der Waals surface area contributed by atoms with E-state index in [0.717, 1.165) is 58.1 Å². The summed E-state index contributed by atoms with van der Waals surface area (Å²) in [5.74, 6) is 1.53. The van der Waals surface area contributed by atoms with Crippen molar-refractivity contribution in [3.63, 3.8) is 0 Å². The van der Waals surface area contributed by atoms with E-state index in [9.17, 15) is 4.79 Å². The first kappa shape index (κ1) is 22.5. The number of carbonyl (C=O) groups excluding carboxylic acids is 1. The predicted molar refractivity (Wildman–Crippen MR) is 113 cm³/mol. The molecule has 0 bridgehead atoms. The van der Waals surface area contributed by atoms with Crippen LogP contribution in [0.3, 0.4) is 0 Å². The van der Waals surface area contributed by atoms with Gasteiger partial charge in [-0.1, -0.05) is 6.92 Å². The zero-order chi connectivity index (χ0) is 17.4. The van der Waals surface area contributed by atoms with E-state index in [1.807, 2.05) is 6.92 Å². The molecule has 2 saturated heterocycles. The second-order valence-corrected chi connectivity index (χ2v) is 6.78. The molecule has 25 heavy (non-hydrogen) atoms. The molecule has 1 N–H and O–H groups in total. The molecule has 6 nitrogen and oxygen atoms in total. The maximum atomic E-state index is 12.0. The lowest BCUT2D eigenvalue weighted by Gasteiger charge is -2.34. The van der Waals surface area contributed by atoms with Crippen LogP contribution < -0.4 is 5.32 Å². The van der Waals surface area contributed by atoms with Crippen LogP contribution in [-0.2, 0) is 9.53 Å². The Morgan fingerprint density at radius 2 is 2.00 bits per heavy atom. The van der Waals surface area contributed by atoms with Crippen molar-refractivity contribution < 1.29 is 9.53 Å². The van der Waals surface area contributed by atoms with Gasteiger partial charge in [-0.05, 0) is 52.1 Å². The van der Waals surface area contributed by atoms with Crippen molar-refractivity contribution in [3.8, 4) is 0 Å². The number of piperidine rings is 1. The molecule has 2 unspecified atom stereocenters. The van der Waals surface area contributed by atoms with Crippen molar-refractivity contribution in [3.05, 3.63) is 0 Å². The smallest absolute Gasteiger partial charge is 0.310 e. The number of likely N-dealkylation sites (tertiary alicyclic amines) is 2. The molecule has 0 aliphatic carbocycles. The Hall–Kier alpha value is -0.570. The van der Waals surface area contributed by atoms with Crippen molar-refractivity contribution in [2.75, 3.05) is 52.4 Å². The molecule has 0 saturated carbocycles. The molecule has 7 heteroatoms. The van der Waals surface area contributed by atoms with E-state index in [4.69, 9.17) is 9.73 Å². The summed E-state index contributed by atoms with van der Waals surface area (Å²) >= 11 is 0. The molecule has 0 aromatic rings. The number of carbonyl (C=O) groups is 1. The fourth-order valence-electron chi connectivity index (χ4n) is 3.61. The summed E-state index contributed by atoms with van der Waals surface area (Å²) in [6, 6.07) is 0. The number of aliphatic imine (C=N–C) groups is 1. The van der Waals surface area contributed by atoms with Crippen LogP contribution in [0, 0.1) is 11.8 Å². The number of hydrogen-bond donors (Lipinski definition) is 1. The zero-order valence-electron chi connectivity index (χ0n) is 16.0. The van der Waals surface area contributed by atoms with Crippen LogP contribution in [0.2, 0.25) is 0 Å². The lowest BCUT2D eigenvalue weighted by Crippen LogP contribution is -2.48. The van der Waals surface area contributed by atoms with Crippen LogP contribution in [0.15, 0.2) is 4.99 Å². The highest BCUT2D eigenvalue weighted by atomic mass is 127. The third-order valence-electron chi connectivity index (χ3n) is 4.99. The third-order valence-corrected chi connectivity index (χ3v) is 4.99. The van der Waals surface area contributed by atoms with Crippen LogP contribution >= 0.6 is 24.0 Å². The lowest BCUT2D eigenvalue weighted by atomic mass is 9.98. The van der Waals surface area contributed by atoms with Gasteiger partial charge in [0.25, 0.3) is 0 Å². The van der Waals surface area contributed by atoms with Gasteiger partial charge in [0, 0.05) is 32.7 Å². The Bertz CT molecular complexity index is 433. The van der Waals surface area contributed by atoms with E-state index in [1.54, 1.807) is 0 Å². The van der Waals surface area contributed by atoms with E-state index in [2.05, 4.69) is 29.0 Å². The van der Waals surface area contributed by atoms with Crippen LogP contribution in [0.1, 0.15) is 40.0 Å². The Morgan fingerprint density at radius 3 is 2.64 bits per heavy atom. The van der Waals surface area contributed by atoms with Gasteiger partial charge in [0.1, 0.15) is 0 Å². The van der Waals surface area contributed by atoms with Crippen LogP contribution in [-0.4, -0.2) is 74.1 Å². The highest BCUT2D eigenvalue weighted by molar-refractivity contribution is 14.0. The summed E-state index contributed by atoms with van der Waals surface area (Å²) in [6.45, 7) is 13.5. The molecule has 0 spiro atoms. The maximum absolute atomic E-state index is 12.0. The van der Waals surface area contributed by atoms with Gasteiger partial charge in [0.2, 0.25) is 0 Å². The fourth-order valence-corrected chi connectivity index (χ4v) is 3.61. The van der Waals surface area contributed by atoms with Gasteiger partial charge < -0.3 is 19.9 Å². The number of ether oxygens (including phenoxy) is 1. The van der Waals surface area contributed by atoms with Crippen molar-refractivity contribution in [2.24, 2.45) is 16.8 Å². The number of rotatable bonds is 6. The van der Waals surface area contributed by atoms with Crippen molar-refractivity contribution in [1.29, 1.82) is 0 Å². The normalized spacial score (nSPS) is 24.8. The molecular formula is C18H35IN4O2. The van der Waals surface area contributed by atoms with Gasteiger partial charge in [0.15, 0.2) is 5.96 Å². The van der Waals surface area contributed by atoms with Crippen molar-refractivity contribution in [2.45, 2.75) is 40.0 Å². The molecule has 2 atom stereocenters. The number of nitrogens with zero attached hydrogens (tertiary/aromatic N) is 3. The van der Waals surface area contributed by atoms with Gasteiger partial charge >= 0.3 is 5.97 Å². The van der Waals surface area contributed by atoms with E-state index < -0.39 is 0 Å². The Kier molecular flexibility index (Phi) is 10.7. The minimum Gasteiger partial charge on any atom is -0.466 e. The Labute approximate surface area is 169 Å². The third kappa shape index (κ3) is 6.92. The van der Waals surface area contributed by atoms with Gasteiger partial charge in [-0.3, -0.25) is 9.79 Å². The van der Waals surface area contributed by atoms with Crippen molar-refractivity contribution in [1.82, 2.24) is 15.1 Å². The standard InChI is InChI=1S/C18H34N4O2.HI/c1-4-19-18(20-12-15-9-11-21(5-2)13-15)22-10-7-8-16(14-22)17(23)24-6-3;/h15-16H,4-14H2,1-3H3,(H,19,20);1H. The Balaban J connectivity index is 0.00000312. The monoisotopic (exact) mass is 466 g/mol. The molecule has 0 aromatic heterocycles. The van der Waals surface area contributed by atoms with Crippen molar-refractivity contribution >= 4 is 35.9 Å². The number of guanidine groups is 1.